The maximum absolute atomic E-state index is 12.4. The zero-order valence-corrected chi connectivity index (χ0v) is 16.6. The minimum atomic E-state index is -0.347. The smallest absolute Gasteiger partial charge is 0.340 e. The second-order valence-corrected chi connectivity index (χ2v) is 6.63. The lowest BCUT2D eigenvalue weighted by atomic mass is 10.0. The van der Waals surface area contributed by atoms with E-state index in [1.54, 1.807) is 13.1 Å². The van der Waals surface area contributed by atoms with E-state index in [4.69, 9.17) is 4.74 Å². The lowest BCUT2D eigenvalue weighted by molar-refractivity contribution is -0.136. The molecule has 0 aliphatic rings. The Balaban J connectivity index is 2.39. The molecule has 0 saturated carbocycles. The summed E-state index contributed by atoms with van der Waals surface area (Å²) >= 11 is 3.52. The van der Waals surface area contributed by atoms with Gasteiger partial charge in [0.15, 0.2) is 0 Å². The predicted molar refractivity (Wildman–Crippen MR) is 108 cm³/mol. The maximum atomic E-state index is 12.4. The van der Waals surface area contributed by atoms with E-state index in [1.807, 2.05) is 68.4 Å². The van der Waals surface area contributed by atoms with E-state index in [0.29, 0.717) is 12.2 Å². The number of hydrogen-bond donors (Lipinski definition) is 1. The van der Waals surface area contributed by atoms with Gasteiger partial charge in [-0.1, -0.05) is 34.1 Å². The van der Waals surface area contributed by atoms with Crippen molar-refractivity contribution in [3.05, 3.63) is 64.3 Å². The molecule has 0 spiro atoms. The molecular formula is C20H23BrN2O2. The van der Waals surface area contributed by atoms with Crippen LogP contribution in [-0.2, 0) is 9.53 Å². The largest absolute Gasteiger partial charge is 0.462 e. The Morgan fingerprint density at radius 2 is 1.96 bits per heavy atom. The molecule has 25 heavy (non-hydrogen) atoms. The molecule has 0 unspecified atom stereocenters. The summed E-state index contributed by atoms with van der Waals surface area (Å²) in [6.45, 7) is 4.11. The second-order valence-electron chi connectivity index (χ2n) is 5.78. The monoisotopic (exact) mass is 402 g/mol. The number of nitrogens with one attached hydrogen (secondary N) is 1. The average Bonchev–Trinajstić information content (AvgIpc) is 2.59. The normalized spacial score (nSPS) is 11.2. The number of halogens is 1. The standard InChI is InChI=1S/C20H23BrN2O2/c1-5-25-20(24)18(17-10-7-11-19(21)14(17)2)13-22-15-8-6-9-16(12-15)23(3)4/h6-13,22H,5H2,1-4H3/b18-13-. The van der Waals surface area contributed by atoms with Crippen LogP contribution in [-0.4, -0.2) is 26.7 Å². The van der Waals surface area contributed by atoms with Crippen LogP contribution < -0.4 is 10.2 Å². The summed E-state index contributed by atoms with van der Waals surface area (Å²) in [7, 11) is 3.98. The second kappa shape index (κ2) is 8.72. The predicted octanol–water partition coefficient (Wildman–Crippen LogP) is 4.84. The van der Waals surface area contributed by atoms with Crippen molar-refractivity contribution in [3.8, 4) is 0 Å². The first kappa shape index (κ1) is 19.1. The number of rotatable bonds is 6. The summed E-state index contributed by atoms with van der Waals surface area (Å²) in [6, 6.07) is 13.8. The van der Waals surface area contributed by atoms with Gasteiger partial charge in [-0.2, -0.15) is 0 Å². The molecule has 2 aromatic rings. The van der Waals surface area contributed by atoms with Gasteiger partial charge in [0, 0.05) is 36.1 Å². The molecule has 0 aliphatic heterocycles. The molecule has 4 nitrogen and oxygen atoms in total. The first-order valence-corrected chi connectivity index (χ1v) is 8.90. The number of carbonyl (C=O) groups excluding carboxylic acids is 1. The fraction of sp³-hybridized carbons (Fsp3) is 0.250. The fourth-order valence-corrected chi connectivity index (χ4v) is 2.75. The van der Waals surface area contributed by atoms with Crippen molar-refractivity contribution in [2.45, 2.75) is 13.8 Å². The summed E-state index contributed by atoms with van der Waals surface area (Å²) in [4.78, 5) is 14.5. The van der Waals surface area contributed by atoms with E-state index in [-0.39, 0.29) is 5.97 Å². The maximum Gasteiger partial charge on any atom is 0.340 e. The van der Waals surface area contributed by atoms with Crippen molar-refractivity contribution in [1.82, 2.24) is 0 Å². The van der Waals surface area contributed by atoms with Crippen LogP contribution in [0.5, 0.6) is 0 Å². The topological polar surface area (TPSA) is 41.6 Å². The number of nitrogens with zero attached hydrogens (tertiary/aromatic N) is 1. The number of benzene rings is 2. The van der Waals surface area contributed by atoms with Crippen LogP contribution in [0.25, 0.3) is 5.57 Å². The number of esters is 1. The number of carbonyl (C=O) groups is 1. The van der Waals surface area contributed by atoms with Crippen molar-refractivity contribution in [3.63, 3.8) is 0 Å². The number of ether oxygens (including phenoxy) is 1. The Kier molecular flexibility index (Phi) is 6.65. The van der Waals surface area contributed by atoms with Crippen LogP contribution in [0.15, 0.2) is 53.1 Å². The van der Waals surface area contributed by atoms with E-state index in [2.05, 4.69) is 21.2 Å². The molecule has 1 N–H and O–H groups in total. The third-order valence-corrected chi connectivity index (χ3v) is 4.66. The Morgan fingerprint density at radius 3 is 2.64 bits per heavy atom. The highest BCUT2D eigenvalue weighted by Crippen LogP contribution is 2.27. The molecule has 5 heteroatoms. The highest BCUT2D eigenvalue weighted by molar-refractivity contribution is 9.10. The molecule has 0 heterocycles. The summed E-state index contributed by atoms with van der Waals surface area (Å²) < 4.78 is 6.19. The van der Waals surface area contributed by atoms with Crippen molar-refractivity contribution in [2.24, 2.45) is 0 Å². The summed E-state index contributed by atoms with van der Waals surface area (Å²) in [5, 5.41) is 3.22. The molecular weight excluding hydrogens is 380 g/mol. The lowest BCUT2D eigenvalue weighted by Crippen LogP contribution is -2.10. The van der Waals surface area contributed by atoms with Gasteiger partial charge in [-0.05, 0) is 49.2 Å². The quantitative estimate of drug-likeness (QED) is 0.554. The zero-order chi connectivity index (χ0) is 18.4. The number of anilines is 2. The Bertz CT molecular complexity index is 785. The van der Waals surface area contributed by atoms with E-state index in [9.17, 15) is 4.79 Å². The van der Waals surface area contributed by atoms with Gasteiger partial charge in [-0.15, -0.1) is 0 Å². The Hall–Kier alpha value is -2.27. The van der Waals surface area contributed by atoms with Gasteiger partial charge in [0.25, 0.3) is 0 Å². The average molecular weight is 403 g/mol. The third-order valence-electron chi connectivity index (χ3n) is 3.80. The van der Waals surface area contributed by atoms with Crippen molar-refractivity contribution < 1.29 is 9.53 Å². The van der Waals surface area contributed by atoms with Gasteiger partial charge < -0.3 is 15.0 Å². The van der Waals surface area contributed by atoms with Gasteiger partial charge in [-0.3, -0.25) is 0 Å². The molecule has 0 radical (unpaired) electrons. The van der Waals surface area contributed by atoms with E-state index >= 15 is 0 Å². The van der Waals surface area contributed by atoms with Crippen molar-refractivity contribution in [2.75, 3.05) is 30.9 Å². The highest BCUT2D eigenvalue weighted by atomic mass is 79.9. The molecule has 2 aromatic carbocycles. The third kappa shape index (κ3) is 4.86. The van der Waals surface area contributed by atoms with Crippen molar-refractivity contribution in [1.29, 1.82) is 0 Å². The number of hydrogen-bond acceptors (Lipinski definition) is 4. The van der Waals surface area contributed by atoms with E-state index < -0.39 is 0 Å². The molecule has 0 aliphatic carbocycles. The highest BCUT2D eigenvalue weighted by Gasteiger charge is 2.16. The first-order valence-electron chi connectivity index (χ1n) is 8.10. The van der Waals surface area contributed by atoms with Gasteiger partial charge in [0.05, 0.1) is 12.2 Å². The van der Waals surface area contributed by atoms with Crippen molar-refractivity contribution >= 4 is 38.8 Å². The summed E-state index contributed by atoms with van der Waals surface area (Å²) in [5.41, 5.74) is 4.31. The molecule has 132 valence electrons. The molecule has 2 rings (SSSR count). The van der Waals surface area contributed by atoms with Crippen LogP contribution in [0.4, 0.5) is 11.4 Å². The SMILES string of the molecule is CCOC(=O)/C(=C\Nc1cccc(N(C)C)c1)c1cccc(Br)c1C. The Labute approximate surface area is 157 Å². The molecule has 0 amide bonds. The van der Waals surface area contributed by atoms with Gasteiger partial charge >= 0.3 is 5.97 Å². The van der Waals surface area contributed by atoms with Crippen LogP contribution in [0.3, 0.4) is 0 Å². The lowest BCUT2D eigenvalue weighted by Gasteiger charge is -2.15. The first-order chi connectivity index (χ1) is 11.9. The van der Waals surface area contributed by atoms with Gasteiger partial charge in [0.2, 0.25) is 0 Å². The molecule has 0 aromatic heterocycles. The van der Waals surface area contributed by atoms with E-state index in [0.717, 1.165) is 27.0 Å². The minimum absolute atomic E-state index is 0.333. The molecule has 0 atom stereocenters. The Morgan fingerprint density at radius 1 is 1.24 bits per heavy atom. The minimum Gasteiger partial charge on any atom is -0.462 e. The molecule has 0 bridgehead atoms. The van der Waals surface area contributed by atoms with Crippen LogP contribution in [0.1, 0.15) is 18.1 Å². The molecule has 0 fully saturated rings. The summed E-state index contributed by atoms with van der Waals surface area (Å²) in [6.07, 6.45) is 1.71. The van der Waals surface area contributed by atoms with Crippen LogP contribution in [0.2, 0.25) is 0 Å². The van der Waals surface area contributed by atoms with Crippen LogP contribution in [0, 0.1) is 6.92 Å². The van der Waals surface area contributed by atoms with E-state index in [1.165, 1.54) is 0 Å². The summed E-state index contributed by atoms with van der Waals surface area (Å²) in [5.74, 6) is -0.347. The van der Waals surface area contributed by atoms with Crippen LogP contribution >= 0.6 is 15.9 Å². The molecule has 0 saturated heterocycles. The fourth-order valence-electron chi connectivity index (χ4n) is 2.38. The van der Waals surface area contributed by atoms with Gasteiger partial charge in [0.1, 0.15) is 0 Å². The zero-order valence-electron chi connectivity index (χ0n) is 15.0. The van der Waals surface area contributed by atoms with Gasteiger partial charge in [-0.25, -0.2) is 4.79 Å².